The minimum atomic E-state index is -0.983. The number of hydrogen-bond donors (Lipinski definition) is 2. The van der Waals surface area contributed by atoms with E-state index >= 15 is 0 Å². The maximum atomic E-state index is 12.0. The standard InChI is InChI=1S/C12H16N2O5/c1-14-9(15)5-8(11(14)17)13-10(16)6-3-2-4-7(6)12(18)19/h6-8H,2-5H2,1H3,(H,13,16)(H,18,19)/t6-,7+,8?/m1/s1. The molecule has 0 bridgehead atoms. The Morgan fingerprint density at radius 1 is 1.26 bits per heavy atom. The number of aliphatic carboxylic acids is 1. The van der Waals surface area contributed by atoms with Gasteiger partial charge in [-0.3, -0.25) is 24.1 Å². The molecule has 2 N–H and O–H groups in total. The van der Waals surface area contributed by atoms with E-state index in [9.17, 15) is 19.2 Å². The molecule has 2 aliphatic rings. The van der Waals surface area contributed by atoms with Crippen LogP contribution in [0.25, 0.3) is 0 Å². The van der Waals surface area contributed by atoms with Crippen LogP contribution in [0.5, 0.6) is 0 Å². The van der Waals surface area contributed by atoms with Crippen LogP contribution in [-0.4, -0.2) is 46.8 Å². The van der Waals surface area contributed by atoms with Gasteiger partial charge in [-0.1, -0.05) is 6.42 Å². The van der Waals surface area contributed by atoms with Crippen molar-refractivity contribution in [2.75, 3.05) is 7.05 Å². The second kappa shape index (κ2) is 4.99. The van der Waals surface area contributed by atoms with Crippen LogP contribution in [0.15, 0.2) is 0 Å². The summed E-state index contributed by atoms with van der Waals surface area (Å²) in [5, 5.41) is 11.5. The number of nitrogens with one attached hydrogen (secondary N) is 1. The van der Waals surface area contributed by atoms with Gasteiger partial charge in [-0.2, -0.15) is 0 Å². The van der Waals surface area contributed by atoms with Gasteiger partial charge in [-0.05, 0) is 12.8 Å². The lowest BCUT2D eigenvalue weighted by atomic mass is 9.95. The molecule has 7 nitrogen and oxygen atoms in total. The van der Waals surface area contributed by atoms with E-state index in [2.05, 4.69) is 5.32 Å². The van der Waals surface area contributed by atoms with E-state index in [0.717, 1.165) is 4.90 Å². The Balaban J connectivity index is 2.00. The molecule has 0 spiro atoms. The molecule has 2 rings (SSSR count). The van der Waals surface area contributed by atoms with E-state index < -0.39 is 35.7 Å². The van der Waals surface area contributed by atoms with Gasteiger partial charge in [-0.15, -0.1) is 0 Å². The molecule has 1 aliphatic carbocycles. The first-order chi connectivity index (χ1) is 8.91. The van der Waals surface area contributed by atoms with Crippen molar-refractivity contribution in [2.24, 2.45) is 11.8 Å². The highest BCUT2D eigenvalue weighted by molar-refractivity contribution is 6.06. The molecule has 7 heteroatoms. The molecule has 1 unspecified atom stereocenters. The number of likely N-dealkylation sites (N-methyl/N-ethyl adjacent to an activating group) is 1. The summed E-state index contributed by atoms with van der Waals surface area (Å²) in [5.41, 5.74) is 0. The zero-order valence-corrected chi connectivity index (χ0v) is 10.6. The quantitative estimate of drug-likeness (QED) is 0.663. The number of amides is 3. The zero-order chi connectivity index (χ0) is 14.2. The van der Waals surface area contributed by atoms with Crippen molar-refractivity contribution in [2.45, 2.75) is 31.7 Å². The fourth-order valence-electron chi connectivity index (χ4n) is 2.72. The number of likely N-dealkylation sites (tertiary alicyclic amines) is 1. The van der Waals surface area contributed by atoms with E-state index in [1.807, 2.05) is 0 Å². The molecule has 1 heterocycles. The van der Waals surface area contributed by atoms with Crippen LogP contribution in [0.3, 0.4) is 0 Å². The van der Waals surface area contributed by atoms with Gasteiger partial charge < -0.3 is 10.4 Å². The fraction of sp³-hybridized carbons (Fsp3) is 0.667. The first-order valence-corrected chi connectivity index (χ1v) is 6.25. The molecule has 3 atom stereocenters. The van der Waals surface area contributed by atoms with Crippen molar-refractivity contribution in [3.05, 3.63) is 0 Å². The zero-order valence-electron chi connectivity index (χ0n) is 10.6. The third-order valence-corrected chi connectivity index (χ3v) is 3.87. The van der Waals surface area contributed by atoms with Crippen LogP contribution in [0.1, 0.15) is 25.7 Å². The molecular weight excluding hydrogens is 252 g/mol. The van der Waals surface area contributed by atoms with Crippen molar-refractivity contribution >= 4 is 23.7 Å². The molecule has 0 aromatic carbocycles. The van der Waals surface area contributed by atoms with Crippen LogP contribution < -0.4 is 5.32 Å². The average Bonchev–Trinajstić information content (AvgIpc) is 2.92. The maximum Gasteiger partial charge on any atom is 0.307 e. The number of carbonyl (C=O) groups excluding carboxylic acids is 3. The number of imide groups is 1. The second-order valence-corrected chi connectivity index (χ2v) is 5.04. The first-order valence-electron chi connectivity index (χ1n) is 6.25. The lowest BCUT2D eigenvalue weighted by Crippen LogP contribution is -2.44. The van der Waals surface area contributed by atoms with Gasteiger partial charge in [0.2, 0.25) is 11.8 Å². The van der Waals surface area contributed by atoms with Crippen LogP contribution in [0.2, 0.25) is 0 Å². The van der Waals surface area contributed by atoms with Crippen LogP contribution in [-0.2, 0) is 19.2 Å². The van der Waals surface area contributed by atoms with Crippen molar-refractivity contribution in [3.63, 3.8) is 0 Å². The molecule has 1 aliphatic heterocycles. The van der Waals surface area contributed by atoms with Crippen molar-refractivity contribution in [1.82, 2.24) is 10.2 Å². The Bertz CT molecular complexity index is 447. The second-order valence-electron chi connectivity index (χ2n) is 5.04. The molecule has 19 heavy (non-hydrogen) atoms. The fourth-order valence-corrected chi connectivity index (χ4v) is 2.72. The smallest absolute Gasteiger partial charge is 0.307 e. The Morgan fingerprint density at radius 2 is 1.89 bits per heavy atom. The lowest BCUT2D eigenvalue weighted by molar-refractivity contribution is -0.146. The Labute approximate surface area is 109 Å². The summed E-state index contributed by atoms with van der Waals surface area (Å²) in [5.74, 6) is -3.49. The SMILES string of the molecule is CN1C(=O)CC(NC(=O)[C@@H]2CCC[C@@H]2C(=O)O)C1=O. The third-order valence-electron chi connectivity index (χ3n) is 3.87. The van der Waals surface area contributed by atoms with Crippen molar-refractivity contribution in [1.29, 1.82) is 0 Å². The molecule has 1 saturated heterocycles. The summed E-state index contributed by atoms with van der Waals surface area (Å²) in [6.45, 7) is 0. The Kier molecular flexibility index (Phi) is 3.55. The summed E-state index contributed by atoms with van der Waals surface area (Å²) in [6, 6.07) is -0.847. The van der Waals surface area contributed by atoms with Gasteiger partial charge in [-0.25, -0.2) is 0 Å². The summed E-state index contributed by atoms with van der Waals surface area (Å²) in [6.07, 6.45) is 1.62. The van der Waals surface area contributed by atoms with Gasteiger partial charge in [0.25, 0.3) is 5.91 Å². The highest BCUT2D eigenvalue weighted by Crippen LogP contribution is 2.32. The number of carbonyl (C=O) groups is 4. The largest absolute Gasteiger partial charge is 0.481 e. The Morgan fingerprint density at radius 3 is 2.42 bits per heavy atom. The van der Waals surface area contributed by atoms with Crippen LogP contribution in [0.4, 0.5) is 0 Å². The van der Waals surface area contributed by atoms with Gasteiger partial charge in [0.15, 0.2) is 0 Å². The maximum absolute atomic E-state index is 12.0. The normalized spacial score (nSPS) is 30.8. The highest BCUT2D eigenvalue weighted by atomic mass is 16.4. The minimum Gasteiger partial charge on any atom is -0.481 e. The molecule has 0 radical (unpaired) electrons. The van der Waals surface area contributed by atoms with E-state index in [1.165, 1.54) is 7.05 Å². The molecule has 2 fully saturated rings. The minimum absolute atomic E-state index is 0.0501. The van der Waals surface area contributed by atoms with Gasteiger partial charge in [0.1, 0.15) is 6.04 Å². The van der Waals surface area contributed by atoms with E-state index in [-0.39, 0.29) is 12.3 Å². The van der Waals surface area contributed by atoms with Gasteiger partial charge in [0.05, 0.1) is 18.3 Å². The number of carboxylic acid groups (broad SMARTS) is 1. The van der Waals surface area contributed by atoms with Gasteiger partial charge in [0, 0.05) is 7.05 Å². The number of hydrogen-bond acceptors (Lipinski definition) is 4. The number of carboxylic acids is 1. The predicted octanol–water partition coefficient (Wildman–Crippen LogP) is -0.639. The van der Waals surface area contributed by atoms with Crippen molar-refractivity contribution in [3.8, 4) is 0 Å². The van der Waals surface area contributed by atoms with Gasteiger partial charge >= 0.3 is 5.97 Å². The third kappa shape index (κ3) is 2.45. The average molecular weight is 268 g/mol. The monoisotopic (exact) mass is 268 g/mol. The summed E-state index contributed by atoms with van der Waals surface area (Å²) < 4.78 is 0. The number of nitrogens with zero attached hydrogens (tertiary/aromatic N) is 1. The van der Waals surface area contributed by atoms with E-state index in [4.69, 9.17) is 5.11 Å². The highest BCUT2D eigenvalue weighted by Gasteiger charge is 2.42. The topological polar surface area (TPSA) is 104 Å². The Hall–Kier alpha value is -1.92. The predicted molar refractivity (Wildman–Crippen MR) is 62.8 cm³/mol. The first kappa shape index (κ1) is 13.5. The summed E-state index contributed by atoms with van der Waals surface area (Å²) >= 11 is 0. The van der Waals surface area contributed by atoms with Crippen LogP contribution in [0, 0.1) is 11.8 Å². The molecule has 0 aromatic heterocycles. The van der Waals surface area contributed by atoms with E-state index in [0.29, 0.717) is 19.3 Å². The molecule has 1 saturated carbocycles. The number of rotatable bonds is 3. The van der Waals surface area contributed by atoms with Crippen LogP contribution >= 0.6 is 0 Å². The molecule has 3 amide bonds. The molecule has 0 aromatic rings. The lowest BCUT2D eigenvalue weighted by Gasteiger charge is -2.18. The summed E-state index contributed by atoms with van der Waals surface area (Å²) in [4.78, 5) is 47.0. The molecular formula is C12H16N2O5. The van der Waals surface area contributed by atoms with E-state index in [1.54, 1.807) is 0 Å². The van der Waals surface area contributed by atoms with Crippen molar-refractivity contribution < 1.29 is 24.3 Å². The molecule has 104 valence electrons. The summed E-state index contributed by atoms with van der Waals surface area (Å²) in [7, 11) is 1.37.